The summed E-state index contributed by atoms with van der Waals surface area (Å²) in [6.07, 6.45) is 4.52. The third-order valence-corrected chi connectivity index (χ3v) is 5.18. The summed E-state index contributed by atoms with van der Waals surface area (Å²) in [5.41, 5.74) is 1.83. The zero-order chi connectivity index (χ0) is 19.7. The Kier molecular flexibility index (Phi) is 5.13. The number of aromatic nitrogens is 1. The number of benzene rings is 2. The van der Waals surface area contributed by atoms with Crippen molar-refractivity contribution in [2.45, 2.75) is 19.3 Å². The zero-order valence-corrected chi connectivity index (χ0v) is 15.8. The van der Waals surface area contributed by atoms with E-state index >= 15 is 0 Å². The van der Waals surface area contributed by atoms with Crippen molar-refractivity contribution in [1.29, 1.82) is 0 Å². The summed E-state index contributed by atoms with van der Waals surface area (Å²) >= 11 is 5.89. The van der Waals surface area contributed by atoms with E-state index in [1.165, 1.54) is 36.5 Å². The SMILES string of the molecule is O=C(c1cnc2ccc(F)cc2c1Nc1ccc(F)c(Cl)c1)N1CCCCC1. The maximum absolute atomic E-state index is 13.9. The molecule has 1 aromatic heterocycles. The Bertz CT molecular complexity index is 1050. The molecule has 4 rings (SSSR count). The number of amides is 1. The molecule has 1 N–H and O–H groups in total. The van der Waals surface area contributed by atoms with Crippen molar-refractivity contribution in [2.75, 3.05) is 18.4 Å². The molecule has 0 radical (unpaired) electrons. The molecular weight excluding hydrogens is 384 g/mol. The Morgan fingerprint density at radius 1 is 1.07 bits per heavy atom. The number of pyridine rings is 1. The van der Waals surface area contributed by atoms with Gasteiger partial charge in [0.15, 0.2) is 0 Å². The topological polar surface area (TPSA) is 45.2 Å². The highest BCUT2D eigenvalue weighted by molar-refractivity contribution is 6.31. The van der Waals surface area contributed by atoms with Gasteiger partial charge in [-0.1, -0.05) is 11.6 Å². The molecule has 3 aromatic rings. The van der Waals surface area contributed by atoms with Gasteiger partial charge in [0.1, 0.15) is 11.6 Å². The molecule has 2 aromatic carbocycles. The molecule has 1 saturated heterocycles. The van der Waals surface area contributed by atoms with Crippen molar-refractivity contribution < 1.29 is 13.6 Å². The number of carbonyl (C=O) groups excluding carboxylic acids is 1. The quantitative estimate of drug-likeness (QED) is 0.627. The van der Waals surface area contributed by atoms with Crippen LogP contribution in [0.25, 0.3) is 10.9 Å². The number of piperidine rings is 1. The van der Waals surface area contributed by atoms with Gasteiger partial charge in [-0.2, -0.15) is 0 Å². The number of anilines is 2. The van der Waals surface area contributed by atoms with Crippen LogP contribution in [0.2, 0.25) is 5.02 Å². The van der Waals surface area contributed by atoms with Gasteiger partial charge in [-0.25, -0.2) is 8.78 Å². The number of rotatable bonds is 3. The average molecular weight is 402 g/mol. The fourth-order valence-corrected chi connectivity index (χ4v) is 3.63. The first kappa shape index (κ1) is 18.6. The van der Waals surface area contributed by atoms with Gasteiger partial charge in [-0.15, -0.1) is 0 Å². The van der Waals surface area contributed by atoms with Crippen LogP contribution in [0.15, 0.2) is 42.6 Å². The van der Waals surface area contributed by atoms with E-state index in [1.54, 1.807) is 11.0 Å². The maximum Gasteiger partial charge on any atom is 0.257 e. The number of carbonyl (C=O) groups is 1. The summed E-state index contributed by atoms with van der Waals surface area (Å²) in [6, 6.07) is 8.39. The van der Waals surface area contributed by atoms with Crippen LogP contribution in [0.4, 0.5) is 20.2 Å². The molecule has 1 fully saturated rings. The van der Waals surface area contributed by atoms with Gasteiger partial charge in [0.2, 0.25) is 0 Å². The Labute approximate surface area is 166 Å². The van der Waals surface area contributed by atoms with Gasteiger partial charge in [-0.3, -0.25) is 9.78 Å². The van der Waals surface area contributed by atoms with Crippen molar-refractivity contribution in [2.24, 2.45) is 0 Å². The summed E-state index contributed by atoms with van der Waals surface area (Å²) in [5, 5.41) is 3.56. The third kappa shape index (κ3) is 3.64. The molecule has 7 heteroatoms. The average Bonchev–Trinajstić information content (AvgIpc) is 2.71. The highest BCUT2D eigenvalue weighted by atomic mass is 35.5. The zero-order valence-electron chi connectivity index (χ0n) is 15.0. The molecule has 0 bridgehead atoms. The lowest BCUT2D eigenvalue weighted by atomic mass is 10.1. The lowest BCUT2D eigenvalue weighted by Crippen LogP contribution is -2.36. The molecule has 1 aliphatic rings. The highest BCUT2D eigenvalue weighted by Crippen LogP contribution is 2.32. The predicted octanol–water partition coefficient (Wildman–Crippen LogP) is 5.54. The molecular formula is C21H18ClF2N3O. The summed E-state index contributed by atoms with van der Waals surface area (Å²) in [5.74, 6) is -1.13. The van der Waals surface area contributed by atoms with Gasteiger partial charge >= 0.3 is 0 Å². The molecule has 1 aliphatic heterocycles. The fraction of sp³-hybridized carbons (Fsp3) is 0.238. The fourth-order valence-electron chi connectivity index (χ4n) is 3.45. The Morgan fingerprint density at radius 2 is 1.86 bits per heavy atom. The van der Waals surface area contributed by atoms with E-state index in [0.717, 1.165) is 19.3 Å². The predicted molar refractivity (Wildman–Crippen MR) is 106 cm³/mol. The van der Waals surface area contributed by atoms with E-state index in [2.05, 4.69) is 10.3 Å². The second-order valence-electron chi connectivity index (χ2n) is 6.82. The van der Waals surface area contributed by atoms with Crippen molar-refractivity contribution in [3.05, 3.63) is 64.8 Å². The van der Waals surface area contributed by atoms with Crippen LogP contribution in [0.3, 0.4) is 0 Å². The lowest BCUT2D eigenvalue weighted by Gasteiger charge is -2.27. The molecule has 0 atom stereocenters. The minimum absolute atomic E-state index is 0.0431. The van der Waals surface area contributed by atoms with Gasteiger partial charge in [0, 0.05) is 30.4 Å². The number of hydrogen-bond acceptors (Lipinski definition) is 3. The van der Waals surface area contributed by atoms with Crippen LogP contribution in [-0.2, 0) is 0 Å². The highest BCUT2D eigenvalue weighted by Gasteiger charge is 2.23. The standard InChI is InChI=1S/C21H18ClF2N3O/c22-17-11-14(5-6-18(17)24)26-20-15-10-13(23)4-7-19(15)25-12-16(20)21(28)27-8-2-1-3-9-27/h4-7,10-12H,1-3,8-9H2,(H,25,26). The first-order valence-corrected chi connectivity index (χ1v) is 9.50. The maximum atomic E-state index is 13.9. The molecule has 0 saturated carbocycles. The number of likely N-dealkylation sites (tertiary alicyclic amines) is 1. The molecule has 144 valence electrons. The third-order valence-electron chi connectivity index (χ3n) is 4.89. The van der Waals surface area contributed by atoms with Crippen molar-refractivity contribution >= 4 is 39.8 Å². The van der Waals surface area contributed by atoms with Gasteiger partial charge in [0.25, 0.3) is 5.91 Å². The van der Waals surface area contributed by atoms with Crippen LogP contribution in [0, 0.1) is 11.6 Å². The van der Waals surface area contributed by atoms with E-state index < -0.39 is 11.6 Å². The Balaban J connectivity index is 1.83. The van der Waals surface area contributed by atoms with Crippen LogP contribution < -0.4 is 5.32 Å². The van der Waals surface area contributed by atoms with E-state index in [1.807, 2.05) is 0 Å². The first-order chi connectivity index (χ1) is 13.5. The molecule has 0 aliphatic carbocycles. The summed E-state index contributed by atoms with van der Waals surface area (Å²) in [7, 11) is 0. The number of halogens is 3. The molecule has 0 spiro atoms. The largest absolute Gasteiger partial charge is 0.354 e. The van der Waals surface area contributed by atoms with E-state index in [0.29, 0.717) is 40.9 Å². The minimum atomic E-state index is -0.539. The summed E-state index contributed by atoms with van der Waals surface area (Å²) < 4.78 is 27.5. The minimum Gasteiger partial charge on any atom is -0.354 e. The Hall–Kier alpha value is -2.73. The van der Waals surface area contributed by atoms with Crippen molar-refractivity contribution in [3.63, 3.8) is 0 Å². The van der Waals surface area contributed by atoms with Gasteiger partial charge < -0.3 is 10.2 Å². The summed E-state index contributed by atoms with van der Waals surface area (Å²) in [4.78, 5) is 19.2. The number of hydrogen-bond donors (Lipinski definition) is 1. The molecule has 2 heterocycles. The van der Waals surface area contributed by atoms with Crippen LogP contribution >= 0.6 is 11.6 Å². The van der Waals surface area contributed by atoms with E-state index in [4.69, 9.17) is 11.6 Å². The Morgan fingerprint density at radius 3 is 2.61 bits per heavy atom. The number of nitrogens with one attached hydrogen (secondary N) is 1. The lowest BCUT2D eigenvalue weighted by molar-refractivity contribution is 0.0725. The monoisotopic (exact) mass is 401 g/mol. The van der Waals surface area contributed by atoms with Gasteiger partial charge in [0.05, 0.1) is 21.8 Å². The molecule has 4 nitrogen and oxygen atoms in total. The molecule has 0 unspecified atom stereocenters. The number of nitrogens with zero attached hydrogens (tertiary/aromatic N) is 2. The van der Waals surface area contributed by atoms with Gasteiger partial charge in [-0.05, 0) is 55.7 Å². The van der Waals surface area contributed by atoms with Crippen LogP contribution in [-0.4, -0.2) is 28.9 Å². The van der Waals surface area contributed by atoms with Crippen LogP contribution in [0.1, 0.15) is 29.6 Å². The molecule has 28 heavy (non-hydrogen) atoms. The molecule has 1 amide bonds. The normalized spacial score (nSPS) is 14.3. The second kappa shape index (κ2) is 7.72. The smallest absolute Gasteiger partial charge is 0.257 e. The second-order valence-corrected chi connectivity index (χ2v) is 7.22. The number of fused-ring (bicyclic) bond motifs is 1. The van der Waals surface area contributed by atoms with Crippen molar-refractivity contribution in [3.8, 4) is 0 Å². The summed E-state index contributed by atoms with van der Waals surface area (Å²) in [6.45, 7) is 1.36. The van der Waals surface area contributed by atoms with Crippen molar-refractivity contribution in [1.82, 2.24) is 9.88 Å². The van der Waals surface area contributed by atoms with E-state index in [-0.39, 0.29) is 10.9 Å². The first-order valence-electron chi connectivity index (χ1n) is 9.12. The van der Waals surface area contributed by atoms with E-state index in [9.17, 15) is 13.6 Å². The van der Waals surface area contributed by atoms with Crippen LogP contribution in [0.5, 0.6) is 0 Å².